The summed E-state index contributed by atoms with van der Waals surface area (Å²) < 4.78 is 12.1. The van der Waals surface area contributed by atoms with Gasteiger partial charge in [-0.3, -0.25) is 4.79 Å². The van der Waals surface area contributed by atoms with Crippen LogP contribution in [0.5, 0.6) is 5.75 Å². The Morgan fingerprint density at radius 1 is 1.17 bits per heavy atom. The number of nitrogens with zero attached hydrogens (tertiary/aromatic N) is 4. The minimum Gasteiger partial charge on any atom is -0.484 e. The fourth-order valence-electron chi connectivity index (χ4n) is 3.89. The Bertz CT molecular complexity index is 1340. The van der Waals surface area contributed by atoms with Crippen LogP contribution >= 0.6 is 11.3 Å². The summed E-state index contributed by atoms with van der Waals surface area (Å²) >= 11 is 1.58. The molecule has 0 radical (unpaired) electrons. The lowest BCUT2D eigenvalue weighted by Crippen LogP contribution is -2.36. The van der Waals surface area contributed by atoms with Crippen molar-refractivity contribution < 1.29 is 14.3 Å². The molecule has 0 atom stereocenters. The molecule has 1 amide bonds. The molecule has 2 N–H and O–H groups in total. The molecular weight excluding hydrogens is 476 g/mol. The van der Waals surface area contributed by atoms with Crippen LogP contribution in [0.25, 0.3) is 21.6 Å². The van der Waals surface area contributed by atoms with E-state index in [1.54, 1.807) is 11.3 Å². The number of hydrogen-bond acceptors (Lipinski definition) is 9. The van der Waals surface area contributed by atoms with Crippen LogP contribution in [0.15, 0.2) is 54.0 Å². The van der Waals surface area contributed by atoms with Crippen molar-refractivity contribution in [2.45, 2.75) is 19.9 Å². The fourth-order valence-corrected chi connectivity index (χ4v) is 4.67. The first kappa shape index (κ1) is 24.0. The van der Waals surface area contributed by atoms with Gasteiger partial charge in [-0.2, -0.15) is 0 Å². The summed E-state index contributed by atoms with van der Waals surface area (Å²) in [6, 6.07) is 13.5. The molecule has 3 aromatic heterocycles. The van der Waals surface area contributed by atoms with Crippen molar-refractivity contribution in [3.63, 3.8) is 0 Å². The van der Waals surface area contributed by atoms with E-state index in [-0.39, 0.29) is 18.6 Å². The first-order valence-corrected chi connectivity index (χ1v) is 12.8. The average Bonchev–Trinajstić information content (AvgIpc) is 3.38. The third-order valence-electron chi connectivity index (χ3n) is 5.56. The number of hydrogen-bond donors (Lipinski definition) is 2. The van der Waals surface area contributed by atoms with Gasteiger partial charge < -0.3 is 25.0 Å². The van der Waals surface area contributed by atoms with E-state index in [9.17, 15) is 4.79 Å². The number of carbonyl (C=O) groups excluding carboxylic acids is 1. The molecule has 4 heterocycles. The third kappa shape index (κ3) is 5.72. The summed E-state index contributed by atoms with van der Waals surface area (Å²) in [7, 11) is 0. The number of anilines is 3. The first-order valence-electron chi connectivity index (χ1n) is 11.9. The molecule has 10 heteroatoms. The zero-order valence-corrected chi connectivity index (χ0v) is 21.0. The number of rotatable bonds is 8. The van der Waals surface area contributed by atoms with Crippen LogP contribution in [0.2, 0.25) is 0 Å². The van der Waals surface area contributed by atoms with Crippen LogP contribution in [0.3, 0.4) is 0 Å². The summed E-state index contributed by atoms with van der Waals surface area (Å²) in [6.07, 6.45) is 1.82. The van der Waals surface area contributed by atoms with Crippen molar-refractivity contribution in [1.29, 1.82) is 0 Å². The number of thiophene rings is 1. The molecule has 0 unspecified atom stereocenters. The molecule has 1 aromatic carbocycles. The van der Waals surface area contributed by atoms with Gasteiger partial charge >= 0.3 is 0 Å². The van der Waals surface area contributed by atoms with Crippen LogP contribution in [0.4, 0.5) is 17.3 Å². The Labute approximate surface area is 213 Å². The Morgan fingerprint density at radius 3 is 2.81 bits per heavy atom. The highest BCUT2D eigenvalue weighted by Gasteiger charge is 2.14. The smallest absolute Gasteiger partial charge is 0.258 e. The van der Waals surface area contributed by atoms with Crippen molar-refractivity contribution in [3.05, 3.63) is 54.0 Å². The summed E-state index contributed by atoms with van der Waals surface area (Å²) in [5, 5.41) is 8.24. The molecular formula is C26H28N6O3S. The Morgan fingerprint density at radius 2 is 2.03 bits per heavy atom. The number of amides is 1. The lowest BCUT2D eigenvalue weighted by atomic mass is 10.2. The van der Waals surface area contributed by atoms with Gasteiger partial charge in [0.15, 0.2) is 18.2 Å². The highest BCUT2D eigenvalue weighted by molar-refractivity contribution is 7.17. The third-order valence-corrected chi connectivity index (χ3v) is 6.47. The predicted molar refractivity (Wildman–Crippen MR) is 142 cm³/mol. The second kappa shape index (κ2) is 10.9. The maximum Gasteiger partial charge on any atom is 0.258 e. The molecule has 1 aliphatic rings. The van der Waals surface area contributed by atoms with Gasteiger partial charge in [-0.05, 0) is 49.6 Å². The zero-order valence-electron chi connectivity index (χ0n) is 20.2. The average molecular weight is 505 g/mol. The van der Waals surface area contributed by atoms with E-state index >= 15 is 0 Å². The molecule has 5 rings (SSSR count). The van der Waals surface area contributed by atoms with Gasteiger partial charge in [0.05, 0.1) is 35.3 Å². The number of aromatic nitrogens is 3. The van der Waals surface area contributed by atoms with E-state index in [2.05, 4.69) is 20.5 Å². The Hall–Kier alpha value is -3.76. The molecule has 1 saturated heterocycles. The molecule has 9 nitrogen and oxygen atoms in total. The minimum atomic E-state index is -0.161. The van der Waals surface area contributed by atoms with Crippen LogP contribution in [0.1, 0.15) is 13.8 Å². The number of benzene rings is 1. The molecule has 1 fully saturated rings. The predicted octanol–water partition coefficient (Wildman–Crippen LogP) is 4.24. The molecule has 36 heavy (non-hydrogen) atoms. The quantitative estimate of drug-likeness (QED) is 0.368. The molecule has 0 saturated carbocycles. The number of ether oxygens (including phenoxy) is 2. The normalized spacial score (nSPS) is 13.7. The first-order chi connectivity index (χ1) is 17.5. The molecule has 186 valence electrons. The standard InChI is InChI=1S/C26H28N6O3S/c1-17(2)28-23(33)16-35-20-5-3-4-18(14-20)25-30-21-8-13-36-24(21)26(31-25)29-19-6-7-22(27-15-19)32-9-11-34-12-10-32/h3-8,13-15,17H,9-12,16H2,1-2H3,(H,28,33)(H,29,30,31). The van der Waals surface area contributed by atoms with Gasteiger partial charge in [0.25, 0.3) is 5.91 Å². The SMILES string of the molecule is CC(C)NC(=O)COc1cccc(-c2nc(Nc3ccc(N4CCOCC4)nc3)c3sccc3n2)c1. The largest absolute Gasteiger partial charge is 0.484 e. The van der Waals surface area contributed by atoms with Crippen molar-refractivity contribution >= 4 is 44.8 Å². The summed E-state index contributed by atoms with van der Waals surface area (Å²) in [5.41, 5.74) is 2.50. The number of fused-ring (bicyclic) bond motifs is 1. The van der Waals surface area contributed by atoms with Gasteiger partial charge in [0.1, 0.15) is 11.6 Å². The molecule has 0 spiro atoms. The van der Waals surface area contributed by atoms with Gasteiger partial charge in [0, 0.05) is 24.7 Å². The summed E-state index contributed by atoms with van der Waals surface area (Å²) in [6.45, 7) is 6.91. The lowest BCUT2D eigenvalue weighted by Gasteiger charge is -2.27. The van der Waals surface area contributed by atoms with E-state index in [0.29, 0.717) is 17.4 Å². The minimum absolute atomic E-state index is 0.0493. The highest BCUT2D eigenvalue weighted by atomic mass is 32.1. The molecule has 0 bridgehead atoms. The number of morpholine rings is 1. The van der Waals surface area contributed by atoms with Gasteiger partial charge in [-0.15, -0.1) is 11.3 Å². The van der Waals surface area contributed by atoms with Crippen LogP contribution in [-0.4, -0.2) is 59.8 Å². The second-order valence-corrected chi connectivity index (χ2v) is 9.62. The summed E-state index contributed by atoms with van der Waals surface area (Å²) in [5.74, 6) is 2.64. The number of carbonyl (C=O) groups is 1. The van der Waals surface area contributed by atoms with Crippen molar-refractivity contribution in [2.24, 2.45) is 0 Å². The van der Waals surface area contributed by atoms with E-state index in [4.69, 9.17) is 19.4 Å². The van der Waals surface area contributed by atoms with E-state index < -0.39 is 0 Å². The number of pyridine rings is 1. The lowest BCUT2D eigenvalue weighted by molar-refractivity contribution is -0.123. The second-order valence-electron chi connectivity index (χ2n) is 8.70. The van der Waals surface area contributed by atoms with Gasteiger partial charge in [-0.25, -0.2) is 15.0 Å². The van der Waals surface area contributed by atoms with E-state index in [1.165, 1.54) is 0 Å². The monoisotopic (exact) mass is 504 g/mol. The van der Waals surface area contributed by atoms with Gasteiger partial charge in [0.2, 0.25) is 0 Å². The maximum absolute atomic E-state index is 11.9. The zero-order chi connectivity index (χ0) is 24.9. The van der Waals surface area contributed by atoms with E-state index in [1.807, 2.05) is 67.9 Å². The molecule has 1 aliphatic heterocycles. The van der Waals surface area contributed by atoms with Crippen LogP contribution < -0.4 is 20.3 Å². The number of nitrogens with one attached hydrogen (secondary N) is 2. The van der Waals surface area contributed by atoms with Crippen molar-refractivity contribution in [1.82, 2.24) is 20.3 Å². The maximum atomic E-state index is 11.9. The van der Waals surface area contributed by atoms with Crippen molar-refractivity contribution in [2.75, 3.05) is 43.1 Å². The van der Waals surface area contributed by atoms with Gasteiger partial charge in [-0.1, -0.05) is 12.1 Å². The van der Waals surface area contributed by atoms with E-state index in [0.717, 1.165) is 53.6 Å². The fraction of sp³-hybridized carbons (Fsp3) is 0.308. The summed E-state index contributed by atoms with van der Waals surface area (Å²) in [4.78, 5) is 28.4. The van der Waals surface area contributed by atoms with Crippen LogP contribution in [-0.2, 0) is 9.53 Å². The highest BCUT2D eigenvalue weighted by Crippen LogP contribution is 2.32. The topological polar surface area (TPSA) is 102 Å². The van der Waals surface area contributed by atoms with Crippen molar-refractivity contribution in [3.8, 4) is 17.1 Å². The molecule has 0 aliphatic carbocycles. The Balaban J connectivity index is 1.36. The molecule has 4 aromatic rings. The van der Waals surface area contributed by atoms with Crippen LogP contribution in [0, 0.1) is 0 Å². The Kier molecular flexibility index (Phi) is 7.24.